The molecule has 2 unspecified atom stereocenters. The van der Waals surface area contributed by atoms with E-state index < -0.39 is 78.0 Å². The van der Waals surface area contributed by atoms with E-state index in [9.17, 15) is 14.7 Å². The number of pyridine rings is 1. The van der Waals surface area contributed by atoms with Gasteiger partial charge in [-0.1, -0.05) is 40.7 Å². The highest BCUT2D eigenvalue weighted by molar-refractivity contribution is 5.80. The Kier molecular flexibility index (Phi) is 17.2. The Bertz CT molecular complexity index is 1560. The molecule has 15 heteroatoms. The van der Waals surface area contributed by atoms with Crippen molar-refractivity contribution in [1.82, 2.24) is 20.5 Å². The number of fused-ring (bicyclic) bond motifs is 2. The van der Waals surface area contributed by atoms with Gasteiger partial charge in [-0.2, -0.15) is 0 Å². The molecule has 0 spiro atoms. The summed E-state index contributed by atoms with van der Waals surface area (Å²) in [7, 11) is 5.50. The van der Waals surface area contributed by atoms with Crippen molar-refractivity contribution in [2.45, 2.75) is 180 Å². The normalized spacial score (nSPS) is 43.8. The molecule has 1 amide bonds. The highest BCUT2D eigenvalue weighted by Crippen LogP contribution is 2.45. The lowest BCUT2D eigenvalue weighted by Gasteiger charge is -2.48. The molecule has 5 heterocycles. The molecule has 348 valence electrons. The van der Waals surface area contributed by atoms with E-state index in [0.717, 1.165) is 5.69 Å². The van der Waals surface area contributed by atoms with E-state index in [2.05, 4.69) is 36.4 Å². The maximum absolute atomic E-state index is 14.5. The minimum absolute atomic E-state index is 0.0127. The summed E-state index contributed by atoms with van der Waals surface area (Å²) in [6.07, 6.45) is -1.69. The molecule has 15 nitrogen and oxygen atoms in total. The average molecular weight is 862 g/mol. The average Bonchev–Trinajstić information content (AvgIpc) is 3.45. The maximum atomic E-state index is 14.5. The van der Waals surface area contributed by atoms with Crippen LogP contribution in [-0.2, 0) is 49.3 Å². The monoisotopic (exact) mass is 862 g/mol. The number of amides is 1. The summed E-state index contributed by atoms with van der Waals surface area (Å²) in [5, 5.41) is 18.1. The van der Waals surface area contributed by atoms with E-state index >= 15 is 0 Å². The number of nitrogens with one attached hydrogen (secondary N) is 2. The molecule has 61 heavy (non-hydrogen) atoms. The number of rotatable bonds is 13. The molecule has 0 aromatic carbocycles. The van der Waals surface area contributed by atoms with E-state index in [-0.39, 0.29) is 54.4 Å². The van der Waals surface area contributed by atoms with E-state index in [4.69, 9.17) is 38.9 Å². The van der Waals surface area contributed by atoms with E-state index in [0.29, 0.717) is 38.9 Å². The van der Waals surface area contributed by atoms with Crippen molar-refractivity contribution < 1.29 is 47.9 Å². The third-order valence-electron chi connectivity index (χ3n) is 14.5. The van der Waals surface area contributed by atoms with Gasteiger partial charge in [0, 0.05) is 63.3 Å². The smallest absolute Gasteiger partial charge is 0.311 e. The summed E-state index contributed by atoms with van der Waals surface area (Å²) in [5.41, 5.74) is 6.00. The number of aliphatic hydroxyl groups is 1. The topological polar surface area (TPSA) is 185 Å². The number of nitrogens with zero attached hydrogens (tertiary/aromatic N) is 2. The van der Waals surface area contributed by atoms with Gasteiger partial charge in [-0.25, -0.2) is 0 Å². The van der Waals surface area contributed by atoms with Gasteiger partial charge >= 0.3 is 5.97 Å². The van der Waals surface area contributed by atoms with Crippen molar-refractivity contribution in [3.05, 3.63) is 30.1 Å². The molecule has 19 atom stereocenters. The van der Waals surface area contributed by atoms with Crippen LogP contribution in [0.1, 0.15) is 101 Å². The predicted molar refractivity (Wildman–Crippen MR) is 231 cm³/mol. The molecule has 4 aliphatic rings. The van der Waals surface area contributed by atoms with Crippen molar-refractivity contribution >= 4 is 11.9 Å². The minimum Gasteiger partial charge on any atom is -0.459 e. The lowest BCUT2D eigenvalue weighted by molar-refractivity contribution is -0.301. The van der Waals surface area contributed by atoms with Crippen LogP contribution in [0.5, 0.6) is 0 Å². The number of nitrogens with two attached hydrogens (primary N) is 1. The summed E-state index contributed by atoms with van der Waals surface area (Å²) in [4.78, 5) is 34.7. The van der Waals surface area contributed by atoms with Gasteiger partial charge in [0.15, 0.2) is 12.6 Å². The quantitative estimate of drug-likeness (QED) is 0.165. The lowest BCUT2D eigenvalue weighted by atomic mass is 9.76. The summed E-state index contributed by atoms with van der Waals surface area (Å²) in [6.45, 7) is 21.6. The fraction of sp³-hybridized carbons (Fsp3) is 0.848. The number of cyclic esters (lactones) is 1. The first-order valence-corrected chi connectivity index (χ1v) is 22.8. The van der Waals surface area contributed by atoms with Gasteiger partial charge in [-0.3, -0.25) is 14.6 Å². The second-order valence-electron chi connectivity index (χ2n) is 19.4. The zero-order valence-corrected chi connectivity index (χ0v) is 39.2. The zero-order valence-electron chi connectivity index (χ0n) is 39.2. The zero-order chi connectivity index (χ0) is 45.0. The molecule has 0 radical (unpaired) electrons. The van der Waals surface area contributed by atoms with Crippen LogP contribution in [0.2, 0.25) is 0 Å². The van der Waals surface area contributed by atoms with Crippen molar-refractivity contribution in [3.8, 4) is 0 Å². The number of methoxy groups -OCH3 is 1. The summed E-state index contributed by atoms with van der Waals surface area (Å²) in [5.74, 6) is -2.53. The summed E-state index contributed by atoms with van der Waals surface area (Å²) >= 11 is 0. The van der Waals surface area contributed by atoms with Crippen LogP contribution in [-0.4, -0.2) is 140 Å². The second-order valence-corrected chi connectivity index (χ2v) is 19.4. The van der Waals surface area contributed by atoms with Gasteiger partial charge in [0.25, 0.3) is 0 Å². The summed E-state index contributed by atoms with van der Waals surface area (Å²) in [6, 6.07) is 5.23. The van der Waals surface area contributed by atoms with E-state index in [1.165, 1.54) is 0 Å². The number of ether oxygens (including phenoxy) is 7. The molecule has 0 aliphatic carbocycles. The molecule has 2 bridgehead atoms. The highest BCUT2D eigenvalue weighted by Gasteiger charge is 2.57. The van der Waals surface area contributed by atoms with Gasteiger partial charge in [-0.15, -0.1) is 0 Å². The SMILES string of the molecule is CC[C@H]1OC(=O)[C@H](C)[C@@H](O[C@H]2C[C@@](C)(OC)C(C(=O)NCCNCc3ccccn3)[C@H](C)O2)[C@H](C)[C@@H](O[C@@H]2O[C@H](C)C[C@H](N(C)C)[C@H]2O)[C@@H](C)C[C@@H](C)[C@@H]2OC1(C)[C@@H](N)[C@H]2C. The van der Waals surface area contributed by atoms with Crippen LogP contribution in [0.4, 0.5) is 0 Å². The molecule has 1 aromatic heterocycles. The molecule has 4 aliphatic heterocycles. The van der Waals surface area contributed by atoms with Gasteiger partial charge < -0.3 is 59.5 Å². The Hall–Kier alpha value is -2.31. The Morgan fingerprint density at radius 1 is 1.00 bits per heavy atom. The van der Waals surface area contributed by atoms with Crippen LogP contribution in [0.25, 0.3) is 0 Å². The predicted octanol–water partition coefficient (Wildman–Crippen LogP) is 4.03. The van der Waals surface area contributed by atoms with E-state index in [1.54, 1.807) is 13.3 Å². The second kappa shape index (κ2) is 21.1. The minimum atomic E-state index is -0.967. The number of hydrogen-bond donors (Lipinski definition) is 4. The van der Waals surface area contributed by atoms with Gasteiger partial charge in [0.1, 0.15) is 17.8 Å². The van der Waals surface area contributed by atoms with Crippen molar-refractivity contribution in [3.63, 3.8) is 0 Å². The van der Waals surface area contributed by atoms with Crippen LogP contribution in [0.3, 0.4) is 0 Å². The third-order valence-corrected chi connectivity index (χ3v) is 14.5. The van der Waals surface area contributed by atoms with Crippen LogP contribution in [0.15, 0.2) is 24.4 Å². The first-order valence-electron chi connectivity index (χ1n) is 22.8. The molecule has 1 aromatic rings. The van der Waals surface area contributed by atoms with Crippen LogP contribution in [0, 0.1) is 35.5 Å². The molecule has 0 saturated carbocycles. The van der Waals surface area contributed by atoms with Crippen molar-refractivity contribution in [2.24, 2.45) is 41.2 Å². The fourth-order valence-electron chi connectivity index (χ4n) is 10.8. The van der Waals surface area contributed by atoms with Crippen molar-refractivity contribution in [2.75, 3.05) is 34.3 Å². The Labute approximate surface area is 365 Å². The highest BCUT2D eigenvalue weighted by atomic mass is 16.7. The number of hydrogen-bond acceptors (Lipinski definition) is 14. The third kappa shape index (κ3) is 11.1. The number of carbonyl (C=O) groups excluding carboxylic acids is 2. The van der Waals surface area contributed by atoms with Crippen LogP contribution >= 0.6 is 0 Å². The molecular weight excluding hydrogens is 783 g/mol. The maximum Gasteiger partial charge on any atom is 0.311 e. The Morgan fingerprint density at radius 2 is 1.72 bits per heavy atom. The molecule has 4 saturated heterocycles. The fourth-order valence-corrected chi connectivity index (χ4v) is 10.8. The lowest BCUT2D eigenvalue weighted by Crippen LogP contribution is -2.59. The molecule has 4 fully saturated rings. The molecule has 5 N–H and O–H groups in total. The number of aliphatic hydroxyl groups excluding tert-OH is 1. The first kappa shape index (κ1) is 49.7. The number of esters is 1. The van der Waals surface area contributed by atoms with Gasteiger partial charge in [0.05, 0.1) is 53.7 Å². The van der Waals surface area contributed by atoms with Gasteiger partial charge in [-0.05, 0) is 91.9 Å². The van der Waals surface area contributed by atoms with Crippen molar-refractivity contribution in [1.29, 1.82) is 0 Å². The number of carbonyl (C=O) groups is 2. The first-order chi connectivity index (χ1) is 28.8. The molecule has 5 rings (SSSR count). The number of aromatic nitrogens is 1. The standard InChI is InChI=1S/C46H79N5O10/c1-14-34-46(10)41(47)29(6)39(61-46)26(3)21-25(2)38(60-44-37(52)33(51(11)12)22-27(4)56-44)28(5)40(30(7)43(54)58-34)59-35-23-45(9,55-13)36(31(8)57-35)42(53)50-20-19-48-24-32-17-15-16-18-49-32/h15-18,25-31,33-41,44,48,52H,14,19-24,47H2,1-13H3,(H,50,53)/t25-,26+,27+,28+,29-,30+,31-,33-,34+,35-,36?,37+,38-,39-,40-,41-,44-,45+,46?/m0/s1. The largest absolute Gasteiger partial charge is 0.459 e. The Morgan fingerprint density at radius 3 is 2.36 bits per heavy atom. The van der Waals surface area contributed by atoms with Crippen LogP contribution < -0.4 is 16.4 Å². The van der Waals surface area contributed by atoms with E-state index in [1.807, 2.05) is 85.7 Å². The number of likely N-dealkylation sites (N-methyl/N-ethyl adjacent to an activating group) is 1. The Balaban J connectivity index is 1.42. The van der Waals surface area contributed by atoms with Gasteiger partial charge in [0.2, 0.25) is 5.91 Å². The molecular formula is C46H79N5O10. The summed E-state index contributed by atoms with van der Waals surface area (Å²) < 4.78 is 46.3.